The molecule has 0 saturated carbocycles. The molecule has 2 aromatic carbocycles. The predicted octanol–water partition coefficient (Wildman–Crippen LogP) is 2.92. The lowest BCUT2D eigenvalue weighted by Gasteiger charge is -2.25. The minimum atomic E-state index is -1.69. The number of anilines is 2. The summed E-state index contributed by atoms with van der Waals surface area (Å²) in [7, 11) is -1.69. The van der Waals surface area contributed by atoms with E-state index >= 15 is 0 Å². The molecule has 3 aromatic rings. The second-order valence-corrected chi connectivity index (χ2v) is 8.52. The van der Waals surface area contributed by atoms with E-state index in [0.717, 1.165) is 11.3 Å². The van der Waals surface area contributed by atoms with Crippen molar-refractivity contribution >= 4 is 24.4 Å². The summed E-state index contributed by atoms with van der Waals surface area (Å²) in [5.41, 5.74) is 2.02. The molecule has 4 N–H and O–H groups in total. The molecule has 8 heteroatoms. The maximum absolute atomic E-state index is 13.3. The van der Waals surface area contributed by atoms with Gasteiger partial charge in [0.2, 0.25) is 5.91 Å². The molecule has 0 bridgehead atoms. The van der Waals surface area contributed by atoms with Crippen LogP contribution in [0.25, 0.3) is 0 Å². The van der Waals surface area contributed by atoms with Crippen LogP contribution in [0.15, 0.2) is 83.8 Å². The third kappa shape index (κ3) is 7.07. The summed E-state index contributed by atoms with van der Waals surface area (Å²) >= 11 is 0. The summed E-state index contributed by atoms with van der Waals surface area (Å²) in [5.74, 6) is -1.12. The van der Waals surface area contributed by atoms with E-state index in [-0.39, 0.29) is 17.9 Å². The van der Waals surface area contributed by atoms with Crippen molar-refractivity contribution in [2.75, 3.05) is 5.32 Å². The third-order valence-corrected chi connectivity index (χ3v) is 5.33. The minimum absolute atomic E-state index is 0.149. The number of rotatable bonds is 10. The van der Waals surface area contributed by atoms with Crippen LogP contribution in [0.3, 0.4) is 0 Å². The lowest BCUT2D eigenvalue weighted by molar-refractivity contribution is -0.124. The van der Waals surface area contributed by atoms with E-state index < -0.39 is 25.0 Å². The van der Waals surface area contributed by atoms with Crippen molar-refractivity contribution in [1.29, 1.82) is 0 Å². The molecule has 0 aliphatic carbocycles. The standard InChI is InChI=1S/C25H30BN3O4/c1-18(2)15-23(26(32)33)28-25(31)22(16-19-9-5-3-6-10-19)29-14-13-21(17-24(29)30)27-20-11-7-4-8-12-20/h3-14,17-18,22-23,27,32-33H,15-16H2,1-2H3,(H,28,31)/t22-,23-/m0/s1. The van der Waals surface area contributed by atoms with Gasteiger partial charge in [0.25, 0.3) is 5.56 Å². The Bertz CT molecular complexity index is 1090. The minimum Gasteiger partial charge on any atom is -0.426 e. The van der Waals surface area contributed by atoms with E-state index in [9.17, 15) is 19.6 Å². The lowest BCUT2D eigenvalue weighted by Crippen LogP contribution is -2.50. The average molecular weight is 447 g/mol. The summed E-state index contributed by atoms with van der Waals surface area (Å²) in [4.78, 5) is 26.3. The Morgan fingerprint density at radius 2 is 1.61 bits per heavy atom. The first kappa shape index (κ1) is 24.3. The summed E-state index contributed by atoms with van der Waals surface area (Å²) in [6.45, 7) is 3.87. The molecule has 0 aliphatic heterocycles. The highest BCUT2D eigenvalue weighted by Gasteiger charge is 2.30. The normalized spacial score (nSPS) is 12.8. The Hall–Kier alpha value is -3.36. The second-order valence-electron chi connectivity index (χ2n) is 8.52. The molecule has 3 rings (SSSR count). The van der Waals surface area contributed by atoms with Gasteiger partial charge in [-0.3, -0.25) is 9.59 Å². The summed E-state index contributed by atoms with van der Waals surface area (Å²) in [6, 6.07) is 21.3. The first-order valence-electron chi connectivity index (χ1n) is 11.1. The molecule has 33 heavy (non-hydrogen) atoms. The van der Waals surface area contributed by atoms with Crippen molar-refractivity contribution in [2.45, 2.75) is 38.7 Å². The Morgan fingerprint density at radius 1 is 0.970 bits per heavy atom. The Morgan fingerprint density at radius 3 is 2.18 bits per heavy atom. The van der Waals surface area contributed by atoms with Gasteiger partial charge in [0, 0.05) is 30.1 Å². The van der Waals surface area contributed by atoms with E-state index in [2.05, 4.69) is 10.6 Å². The van der Waals surface area contributed by atoms with Crippen LogP contribution < -0.4 is 16.2 Å². The van der Waals surface area contributed by atoms with E-state index in [1.54, 1.807) is 12.3 Å². The van der Waals surface area contributed by atoms with Crippen molar-refractivity contribution in [3.8, 4) is 0 Å². The summed E-state index contributed by atoms with van der Waals surface area (Å²) in [5, 5.41) is 25.4. The van der Waals surface area contributed by atoms with Crippen LogP contribution in [0, 0.1) is 5.92 Å². The summed E-state index contributed by atoms with van der Waals surface area (Å²) in [6.07, 6.45) is 2.28. The molecule has 0 unspecified atom stereocenters. The van der Waals surface area contributed by atoms with Gasteiger partial charge in [-0.15, -0.1) is 0 Å². The third-order valence-electron chi connectivity index (χ3n) is 5.33. The van der Waals surface area contributed by atoms with Gasteiger partial charge >= 0.3 is 7.12 Å². The number of benzene rings is 2. The molecule has 1 aromatic heterocycles. The van der Waals surface area contributed by atoms with Crippen LogP contribution in [0.4, 0.5) is 11.4 Å². The fraction of sp³-hybridized carbons (Fsp3) is 0.280. The quantitative estimate of drug-likeness (QED) is 0.358. The maximum atomic E-state index is 13.3. The van der Waals surface area contributed by atoms with E-state index in [1.165, 1.54) is 10.6 Å². The number of nitrogens with zero attached hydrogens (tertiary/aromatic N) is 1. The molecule has 0 spiro atoms. The lowest BCUT2D eigenvalue weighted by atomic mass is 9.75. The highest BCUT2D eigenvalue weighted by Crippen LogP contribution is 2.18. The van der Waals surface area contributed by atoms with E-state index in [1.807, 2.05) is 74.5 Å². The molecule has 7 nitrogen and oxygen atoms in total. The van der Waals surface area contributed by atoms with E-state index in [4.69, 9.17) is 0 Å². The molecule has 0 aliphatic rings. The molecule has 0 saturated heterocycles. The SMILES string of the molecule is CC(C)C[C@H](NC(=O)[C@H](Cc1ccccc1)n1ccc(Nc2ccccc2)cc1=O)B(O)O. The van der Waals surface area contributed by atoms with Gasteiger partial charge in [-0.05, 0) is 36.1 Å². The zero-order valence-electron chi connectivity index (χ0n) is 18.9. The highest BCUT2D eigenvalue weighted by molar-refractivity contribution is 6.43. The molecule has 0 fully saturated rings. The first-order chi connectivity index (χ1) is 15.8. The Balaban J connectivity index is 1.88. The van der Waals surface area contributed by atoms with Gasteiger partial charge in [-0.25, -0.2) is 0 Å². The largest absolute Gasteiger partial charge is 0.475 e. The smallest absolute Gasteiger partial charge is 0.426 e. The Labute approximate surface area is 194 Å². The molecule has 2 atom stereocenters. The molecular weight excluding hydrogens is 417 g/mol. The summed E-state index contributed by atoms with van der Waals surface area (Å²) < 4.78 is 1.38. The second kappa shape index (κ2) is 11.5. The van der Waals surface area contributed by atoms with Gasteiger partial charge in [-0.2, -0.15) is 0 Å². The van der Waals surface area contributed by atoms with Gasteiger partial charge in [0.1, 0.15) is 6.04 Å². The molecule has 1 amide bonds. The van der Waals surface area contributed by atoms with Crippen molar-refractivity contribution < 1.29 is 14.8 Å². The molecule has 172 valence electrons. The van der Waals surface area contributed by atoms with Crippen molar-refractivity contribution in [3.05, 3.63) is 94.9 Å². The zero-order valence-corrected chi connectivity index (χ0v) is 18.9. The van der Waals surface area contributed by atoms with Crippen LogP contribution in [-0.4, -0.2) is 33.6 Å². The van der Waals surface area contributed by atoms with Crippen molar-refractivity contribution in [2.24, 2.45) is 5.92 Å². The van der Waals surface area contributed by atoms with Crippen molar-refractivity contribution in [3.63, 3.8) is 0 Å². The number of nitrogens with one attached hydrogen (secondary N) is 2. The number of para-hydroxylation sites is 1. The highest BCUT2D eigenvalue weighted by atomic mass is 16.4. The molecule has 1 heterocycles. The Kier molecular flexibility index (Phi) is 8.46. The van der Waals surface area contributed by atoms with E-state index in [0.29, 0.717) is 12.1 Å². The van der Waals surface area contributed by atoms with Gasteiger partial charge < -0.3 is 25.2 Å². The number of amides is 1. The van der Waals surface area contributed by atoms with Crippen LogP contribution in [0.5, 0.6) is 0 Å². The van der Waals surface area contributed by atoms with Gasteiger partial charge in [0.15, 0.2) is 0 Å². The topological polar surface area (TPSA) is 104 Å². The molecular formula is C25H30BN3O4. The first-order valence-corrected chi connectivity index (χ1v) is 11.1. The number of aromatic nitrogens is 1. The van der Waals surface area contributed by atoms with Crippen LogP contribution in [0.1, 0.15) is 31.9 Å². The van der Waals surface area contributed by atoms with Crippen LogP contribution in [0.2, 0.25) is 0 Å². The number of carbonyl (C=O) groups excluding carboxylic acids is 1. The number of hydrogen-bond donors (Lipinski definition) is 4. The van der Waals surface area contributed by atoms with Crippen molar-refractivity contribution in [1.82, 2.24) is 9.88 Å². The fourth-order valence-electron chi connectivity index (χ4n) is 3.71. The van der Waals surface area contributed by atoms with Gasteiger partial charge in [0.05, 0.1) is 5.94 Å². The predicted molar refractivity (Wildman–Crippen MR) is 131 cm³/mol. The van der Waals surface area contributed by atoms with Gasteiger partial charge in [-0.1, -0.05) is 62.4 Å². The number of hydrogen-bond acceptors (Lipinski definition) is 5. The number of carbonyl (C=O) groups is 1. The maximum Gasteiger partial charge on any atom is 0.475 e. The number of pyridine rings is 1. The fourth-order valence-corrected chi connectivity index (χ4v) is 3.71. The van der Waals surface area contributed by atoms with Crippen LogP contribution >= 0.6 is 0 Å². The van der Waals surface area contributed by atoms with Crippen LogP contribution in [-0.2, 0) is 11.2 Å². The average Bonchev–Trinajstić information content (AvgIpc) is 2.78. The monoisotopic (exact) mass is 447 g/mol. The zero-order chi connectivity index (χ0) is 23.8. The molecule has 0 radical (unpaired) electrons.